The molecule has 2 aromatic carbocycles. The lowest BCUT2D eigenvalue weighted by atomic mass is 10.2. The van der Waals surface area contributed by atoms with E-state index in [2.05, 4.69) is 10.6 Å². The van der Waals surface area contributed by atoms with Gasteiger partial charge in [-0.15, -0.1) is 0 Å². The van der Waals surface area contributed by atoms with Crippen molar-refractivity contribution in [3.8, 4) is 5.75 Å². The fourth-order valence-electron chi connectivity index (χ4n) is 1.91. The van der Waals surface area contributed by atoms with Crippen molar-refractivity contribution in [2.75, 3.05) is 11.9 Å². The summed E-state index contributed by atoms with van der Waals surface area (Å²) in [5.41, 5.74) is -0.215. The molecule has 0 unspecified atom stereocenters. The van der Waals surface area contributed by atoms with E-state index in [0.717, 1.165) is 17.9 Å². The Morgan fingerprint density at radius 1 is 1.08 bits per heavy atom. The zero-order valence-corrected chi connectivity index (χ0v) is 13.7. The minimum atomic E-state index is -4.35. The number of hydrogen-bond acceptors (Lipinski definition) is 2. The van der Waals surface area contributed by atoms with Gasteiger partial charge in [-0.25, -0.2) is 0 Å². The number of anilines is 1. The average Bonchev–Trinajstić information content (AvgIpc) is 2.53. The second-order valence-electron chi connectivity index (χ2n) is 5.20. The minimum Gasteiger partial charge on any atom is -0.491 e. The van der Waals surface area contributed by atoms with Crippen LogP contribution in [0.3, 0.4) is 0 Å². The Labute approximate surface area is 143 Å². The quantitative estimate of drug-likeness (QED) is 0.777. The van der Waals surface area contributed by atoms with Gasteiger partial charge in [0.15, 0.2) is 5.11 Å². The Morgan fingerprint density at radius 2 is 1.71 bits per heavy atom. The van der Waals surface area contributed by atoms with Gasteiger partial charge in [-0.05, 0) is 55.5 Å². The van der Waals surface area contributed by atoms with Gasteiger partial charge in [0.05, 0.1) is 11.6 Å². The van der Waals surface area contributed by atoms with Gasteiger partial charge in [0.1, 0.15) is 12.4 Å². The molecule has 7 heteroatoms. The fraction of sp³-hybridized carbons (Fsp3) is 0.235. The Kier molecular flexibility index (Phi) is 6.03. The van der Waals surface area contributed by atoms with Crippen LogP contribution >= 0.6 is 12.2 Å². The van der Waals surface area contributed by atoms with E-state index in [-0.39, 0.29) is 6.04 Å². The Balaban J connectivity index is 1.80. The summed E-state index contributed by atoms with van der Waals surface area (Å²) in [5.74, 6) is 0.757. The molecule has 0 saturated heterocycles. The van der Waals surface area contributed by atoms with Crippen LogP contribution in [0.5, 0.6) is 5.75 Å². The van der Waals surface area contributed by atoms with Crippen LogP contribution in [0.15, 0.2) is 54.6 Å². The lowest BCUT2D eigenvalue weighted by Gasteiger charge is -2.18. The van der Waals surface area contributed by atoms with Gasteiger partial charge in [-0.1, -0.05) is 18.2 Å². The SMILES string of the molecule is C[C@@H](COc1ccccc1)NC(=S)Nc1ccc(C(F)(F)F)cc1. The molecule has 2 aromatic rings. The van der Waals surface area contributed by atoms with Crippen LogP contribution in [0.1, 0.15) is 12.5 Å². The maximum absolute atomic E-state index is 12.5. The van der Waals surface area contributed by atoms with Crippen LogP contribution in [-0.4, -0.2) is 17.8 Å². The molecule has 0 saturated carbocycles. The summed E-state index contributed by atoms with van der Waals surface area (Å²) >= 11 is 5.15. The van der Waals surface area contributed by atoms with Gasteiger partial charge in [-0.2, -0.15) is 13.2 Å². The highest BCUT2D eigenvalue weighted by Gasteiger charge is 2.29. The van der Waals surface area contributed by atoms with Crippen molar-refractivity contribution in [2.45, 2.75) is 19.1 Å². The van der Waals surface area contributed by atoms with E-state index >= 15 is 0 Å². The summed E-state index contributed by atoms with van der Waals surface area (Å²) in [6.45, 7) is 2.29. The molecule has 0 spiro atoms. The Bertz CT molecular complexity index is 660. The largest absolute Gasteiger partial charge is 0.491 e. The first-order valence-electron chi connectivity index (χ1n) is 7.27. The summed E-state index contributed by atoms with van der Waals surface area (Å²) in [7, 11) is 0. The first kappa shape index (κ1) is 18.1. The fourth-order valence-corrected chi connectivity index (χ4v) is 2.23. The maximum atomic E-state index is 12.5. The van der Waals surface area contributed by atoms with E-state index in [1.165, 1.54) is 12.1 Å². The van der Waals surface area contributed by atoms with Crippen molar-refractivity contribution in [3.05, 3.63) is 60.2 Å². The number of alkyl halides is 3. The number of benzene rings is 2. The third-order valence-electron chi connectivity index (χ3n) is 3.09. The number of halogens is 3. The molecule has 24 heavy (non-hydrogen) atoms. The average molecular weight is 354 g/mol. The molecule has 0 radical (unpaired) electrons. The molecule has 0 aliphatic rings. The van der Waals surface area contributed by atoms with E-state index in [1.54, 1.807) is 0 Å². The van der Waals surface area contributed by atoms with Crippen LogP contribution in [0, 0.1) is 0 Å². The second-order valence-corrected chi connectivity index (χ2v) is 5.61. The van der Waals surface area contributed by atoms with Crippen molar-refractivity contribution < 1.29 is 17.9 Å². The number of hydrogen-bond donors (Lipinski definition) is 2. The zero-order valence-electron chi connectivity index (χ0n) is 12.9. The highest BCUT2D eigenvalue weighted by Crippen LogP contribution is 2.29. The summed E-state index contributed by atoms with van der Waals surface area (Å²) < 4.78 is 43.1. The molecule has 128 valence electrons. The molecule has 0 aromatic heterocycles. The highest BCUT2D eigenvalue weighted by molar-refractivity contribution is 7.80. The van der Waals surface area contributed by atoms with Crippen molar-refractivity contribution in [1.29, 1.82) is 0 Å². The van der Waals surface area contributed by atoms with E-state index in [0.29, 0.717) is 17.4 Å². The lowest BCUT2D eigenvalue weighted by molar-refractivity contribution is -0.137. The number of nitrogens with one attached hydrogen (secondary N) is 2. The smallest absolute Gasteiger partial charge is 0.416 e. The molecule has 0 bridgehead atoms. The van der Waals surface area contributed by atoms with E-state index in [9.17, 15) is 13.2 Å². The van der Waals surface area contributed by atoms with Crippen molar-refractivity contribution in [1.82, 2.24) is 5.32 Å². The standard InChI is InChI=1S/C17H17F3N2OS/c1-12(11-23-15-5-3-2-4-6-15)21-16(24)22-14-9-7-13(8-10-14)17(18,19)20/h2-10,12H,11H2,1H3,(H2,21,22,24)/t12-/m0/s1. The predicted molar refractivity (Wildman–Crippen MR) is 92.2 cm³/mol. The normalized spacial score (nSPS) is 12.3. The summed E-state index contributed by atoms with van der Waals surface area (Å²) in [5, 5.41) is 6.18. The molecule has 2 N–H and O–H groups in total. The van der Waals surface area contributed by atoms with Crippen LogP contribution in [0.4, 0.5) is 18.9 Å². The van der Waals surface area contributed by atoms with Crippen LogP contribution < -0.4 is 15.4 Å². The van der Waals surface area contributed by atoms with Crippen LogP contribution in [0.2, 0.25) is 0 Å². The van der Waals surface area contributed by atoms with Crippen molar-refractivity contribution in [3.63, 3.8) is 0 Å². The lowest BCUT2D eigenvalue weighted by Crippen LogP contribution is -2.39. The number of para-hydroxylation sites is 1. The Hall–Kier alpha value is -2.28. The van der Waals surface area contributed by atoms with E-state index in [4.69, 9.17) is 17.0 Å². The monoisotopic (exact) mass is 354 g/mol. The minimum absolute atomic E-state index is 0.0698. The van der Waals surface area contributed by atoms with E-state index < -0.39 is 11.7 Å². The maximum Gasteiger partial charge on any atom is 0.416 e. The molecular formula is C17H17F3N2OS. The topological polar surface area (TPSA) is 33.3 Å². The third-order valence-corrected chi connectivity index (χ3v) is 3.31. The Morgan fingerprint density at radius 3 is 2.29 bits per heavy atom. The molecule has 0 aliphatic carbocycles. The van der Waals surface area contributed by atoms with Crippen LogP contribution in [-0.2, 0) is 6.18 Å². The second kappa shape index (κ2) is 8.01. The van der Waals surface area contributed by atoms with Gasteiger partial charge in [-0.3, -0.25) is 0 Å². The summed E-state index contributed by atoms with van der Waals surface area (Å²) in [6.07, 6.45) is -4.35. The van der Waals surface area contributed by atoms with Gasteiger partial charge in [0.25, 0.3) is 0 Å². The third kappa shape index (κ3) is 5.73. The number of ether oxygens (including phenoxy) is 1. The highest BCUT2D eigenvalue weighted by atomic mass is 32.1. The van der Waals surface area contributed by atoms with Crippen molar-refractivity contribution in [2.24, 2.45) is 0 Å². The summed E-state index contributed by atoms with van der Waals surface area (Å²) in [4.78, 5) is 0. The van der Waals surface area contributed by atoms with Gasteiger partial charge in [0, 0.05) is 5.69 Å². The molecule has 3 nitrogen and oxygen atoms in total. The molecule has 0 amide bonds. The molecule has 0 aliphatic heterocycles. The first-order chi connectivity index (χ1) is 11.3. The van der Waals surface area contributed by atoms with Crippen LogP contribution in [0.25, 0.3) is 0 Å². The van der Waals surface area contributed by atoms with E-state index in [1.807, 2.05) is 37.3 Å². The number of rotatable bonds is 5. The molecule has 0 fully saturated rings. The molecule has 0 heterocycles. The van der Waals surface area contributed by atoms with Gasteiger partial charge >= 0.3 is 6.18 Å². The molecule has 1 atom stereocenters. The summed E-state index contributed by atoms with van der Waals surface area (Å²) in [6, 6.07) is 14.0. The van der Waals surface area contributed by atoms with Crippen molar-refractivity contribution >= 4 is 23.0 Å². The predicted octanol–water partition coefficient (Wildman–Crippen LogP) is 4.46. The number of thiocarbonyl (C=S) groups is 1. The molecule has 2 rings (SSSR count). The first-order valence-corrected chi connectivity index (χ1v) is 7.68. The van der Waals surface area contributed by atoms with Gasteiger partial charge < -0.3 is 15.4 Å². The van der Waals surface area contributed by atoms with Gasteiger partial charge in [0.2, 0.25) is 0 Å². The molecular weight excluding hydrogens is 337 g/mol. The zero-order chi connectivity index (χ0) is 17.6.